The lowest BCUT2D eigenvalue weighted by atomic mass is 9.65. The minimum atomic E-state index is 0.129. The van der Waals surface area contributed by atoms with E-state index in [1.54, 1.807) is 6.92 Å². The maximum absolute atomic E-state index is 11.2. The second-order valence-corrected chi connectivity index (χ2v) is 4.90. The quantitative estimate of drug-likeness (QED) is 0.728. The first kappa shape index (κ1) is 12.3. The van der Waals surface area contributed by atoms with Crippen molar-refractivity contribution in [3.8, 4) is 0 Å². The Morgan fingerprint density at radius 3 is 2.35 bits per heavy atom. The first-order valence-corrected chi connectivity index (χ1v) is 6.37. The molecule has 0 atom stereocenters. The summed E-state index contributed by atoms with van der Waals surface area (Å²) >= 11 is 0. The van der Waals surface area contributed by atoms with Crippen LogP contribution in [0.15, 0.2) is 24.3 Å². The summed E-state index contributed by atoms with van der Waals surface area (Å²) in [5.41, 5.74) is 2.33. The van der Waals surface area contributed by atoms with Gasteiger partial charge in [-0.25, -0.2) is 0 Å². The summed E-state index contributed by atoms with van der Waals surface area (Å²) in [6.07, 6.45) is 3.68. The van der Waals surface area contributed by atoms with Gasteiger partial charge < -0.3 is 4.74 Å². The van der Waals surface area contributed by atoms with Gasteiger partial charge in [-0.3, -0.25) is 4.79 Å². The zero-order valence-electron chi connectivity index (χ0n) is 10.7. The number of rotatable bonds is 5. The number of ether oxygens (including phenoxy) is 1. The van der Waals surface area contributed by atoms with Crippen molar-refractivity contribution in [2.45, 2.75) is 38.5 Å². The molecule has 2 heteroatoms. The van der Waals surface area contributed by atoms with Gasteiger partial charge in [0.2, 0.25) is 0 Å². The van der Waals surface area contributed by atoms with Crippen molar-refractivity contribution < 1.29 is 9.53 Å². The lowest BCUT2D eigenvalue weighted by Gasteiger charge is -2.42. The minimum Gasteiger partial charge on any atom is -0.381 e. The minimum absolute atomic E-state index is 0.129. The highest BCUT2D eigenvalue weighted by atomic mass is 16.5. The highest BCUT2D eigenvalue weighted by Crippen LogP contribution is 2.43. The van der Waals surface area contributed by atoms with E-state index in [4.69, 9.17) is 4.74 Å². The number of ketones is 1. The molecule has 0 unspecified atom stereocenters. The number of Topliss-reactive ketones (excluding diaryl/α,β-unsaturated/α-hetero) is 1. The van der Waals surface area contributed by atoms with E-state index >= 15 is 0 Å². The van der Waals surface area contributed by atoms with Gasteiger partial charge in [0.05, 0.1) is 6.61 Å². The third-order valence-corrected chi connectivity index (χ3v) is 3.80. The van der Waals surface area contributed by atoms with Gasteiger partial charge in [0.15, 0.2) is 5.78 Å². The van der Waals surface area contributed by atoms with E-state index in [-0.39, 0.29) is 11.2 Å². The summed E-state index contributed by atoms with van der Waals surface area (Å²) < 4.78 is 5.61. The summed E-state index contributed by atoms with van der Waals surface area (Å²) in [6, 6.07) is 8.05. The van der Waals surface area contributed by atoms with Crippen LogP contribution in [0.4, 0.5) is 0 Å². The maximum atomic E-state index is 11.2. The Kier molecular flexibility index (Phi) is 3.63. The summed E-state index contributed by atoms with van der Waals surface area (Å²) in [7, 11) is 0. The van der Waals surface area contributed by atoms with Gasteiger partial charge in [0.1, 0.15) is 0 Å². The Bertz CT molecular complexity index is 388. The summed E-state index contributed by atoms with van der Waals surface area (Å²) in [5, 5.41) is 0. The first-order valence-electron chi connectivity index (χ1n) is 6.37. The fourth-order valence-electron chi connectivity index (χ4n) is 2.48. The molecule has 1 aromatic rings. The molecule has 2 nitrogen and oxygen atoms in total. The molecule has 0 aliphatic heterocycles. The second-order valence-electron chi connectivity index (χ2n) is 4.90. The van der Waals surface area contributed by atoms with Crippen LogP contribution in [0.5, 0.6) is 0 Å². The van der Waals surface area contributed by atoms with Crippen molar-refractivity contribution in [2.24, 2.45) is 0 Å². The monoisotopic (exact) mass is 232 g/mol. The highest BCUT2D eigenvalue weighted by Gasteiger charge is 2.38. The van der Waals surface area contributed by atoms with Crippen molar-refractivity contribution in [1.82, 2.24) is 0 Å². The van der Waals surface area contributed by atoms with Crippen LogP contribution in [0.3, 0.4) is 0 Å². The summed E-state index contributed by atoms with van der Waals surface area (Å²) in [6.45, 7) is 5.22. The third kappa shape index (κ3) is 2.42. The molecular weight excluding hydrogens is 212 g/mol. The van der Waals surface area contributed by atoms with Crippen LogP contribution in [-0.2, 0) is 10.2 Å². The molecule has 2 rings (SSSR count). The van der Waals surface area contributed by atoms with Crippen molar-refractivity contribution in [2.75, 3.05) is 13.2 Å². The highest BCUT2D eigenvalue weighted by molar-refractivity contribution is 5.94. The van der Waals surface area contributed by atoms with E-state index < -0.39 is 0 Å². The van der Waals surface area contributed by atoms with E-state index in [0.717, 1.165) is 18.8 Å². The van der Waals surface area contributed by atoms with Crippen LogP contribution in [0, 0.1) is 0 Å². The van der Waals surface area contributed by atoms with Gasteiger partial charge in [-0.1, -0.05) is 30.7 Å². The zero-order chi connectivity index (χ0) is 12.3. The molecular formula is C15H20O2. The molecule has 1 saturated carbocycles. The Morgan fingerprint density at radius 2 is 1.94 bits per heavy atom. The molecule has 17 heavy (non-hydrogen) atoms. The van der Waals surface area contributed by atoms with Crippen LogP contribution >= 0.6 is 0 Å². The predicted octanol–water partition coefficient (Wildman–Crippen LogP) is 3.35. The van der Waals surface area contributed by atoms with Crippen LogP contribution < -0.4 is 0 Å². The van der Waals surface area contributed by atoms with Crippen molar-refractivity contribution in [1.29, 1.82) is 0 Å². The van der Waals surface area contributed by atoms with Crippen molar-refractivity contribution >= 4 is 5.78 Å². The predicted molar refractivity (Wildman–Crippen MR) is 68.5 cm³/mol. The van der Waals surface area contributed by atoms with E-state index in [1.165, 1.54) is 24.8 Å². The van der Waals surface area contributed by atoms with Gasteiger partial charge in [-0.15, -0.1) is 0 Å². The fourth-order valence-corrected chi connectivity index (χ4v) is 2.48. The van der Waals surface area contributed by atoms with Gasteiger partial charge in [-0.2, -0.15) is 0 Å². The van der Waals surface area contributed by atoms with E-state index in [0.29, 0.717) is 0 Å². The Labute approximate surface area is 103 Å². The van der Waals surface area contributed by atoms with Gasteiger partial charge in [-0.05, 0) is 32.3 Å². The number of carbonyl (C=O) groups excluding carboxylic acids is 1. The average molecular weight is 232 g/mol. The van der Waals surface area contributed by atoms with Crippen molar-refractivity contribution in [3.05, 3.63) is 35.4 Å². The SMILES string of the molecule is CCOCC1(c2ccc(C(C)=O)cc2)CCC1. The van der Waals surface area contributed by atoms with Crippen LogP contribution in [0.25, 0.3) is 0 Å². The number of benzene rings is 1. The van der Waals surface area contributed by atoms with Crippen LogP contribution in [0.1, 0.15) is 49.0 Å². The molecule has 0 N–H and O–H groups in total. The third-order valence-electron chi connectivity index (χ3n) is 3.80. The summed E-state index contributed by atoms with van der Waals surface area (Å²) in [5.74, 6) is 0.129. The molecule has 1 aliphatic carbocycles. The van der Waals surface area contributed by atoms with Crippen LogP contribution in [0.2, 0.25) is 0 Å². The lowest BCUT2D eigenvalue weighted by Crippen LogP contribution is -2.39. The molecule has 0 saturated heterocycles. The topological polar surface area (TPSA) is 26.3 Å². The largest absolute Gasteiger partial charge is 0.381 e. The average Bonchev–Trinajstić information content (AvgIpc) is 2.28. The van der Waals surface area contributed by atoms with Crippen LogP contribution in [-0.4, -0.2) is 19.0 Å². The zero-order valence-corrected chi connectivity index (χ0v) is 10.7. The molecule has 0 radical (unpaired) electrons. The molecule has 1 fully saturated rings. The second kappa shape index (κ2) is 5.01. The number of carbonyl (C=O) groups is 1. The normalized spacial score (nSPS) is 17.5. The summed E-state index contributed by atoms with van der Waals surface area (Å²) in [4.78, 5) is 11.2. The fraction of sp³-hybridized carbons (Fsp3) is 0.533. The first-order chi connectivity index (χ1) is 8.18. The van der Waals surface area contributed by atoms with E-state index in [9.17, 15) is 4.79 Å². The van der Waals surface area contributed by atoms with Gasteiger partial charge in [0.25, 0.3) is 0 Å². The molecule has 0 spiro atoms. The van der Waals surface area contributed by atoms with E-state index in [2.05, 4.69) is 12.1 Å². The molecule has 1 aliphatic rings. The van der Waals surface area contributed by atoms with Crippen molar-refractivity contribution in [3.63, 3.8) is 0 Å². The molecule has 0 bridgehead atoms. The standard InChI is InChI=1S/C15H20O2/c1-3-17-11-15(9-4-10-15)14-7-5-13(6-8-14)12(2)16/h5-8H,3-4,9-11H2,1-2H3. The van der Waals surface area contributed by atoms with Gasteiger partial charge >= 0.3 is 0 Å². The van der Waals surface area contributed by atoms with E-state index in [1.807, 2.05) is 19.1 Å². The Balaban J connectivity index is 2.17. The molecule has 92 valence electrons. The number of hydrogen-bond acceptors (Lipinski definition) is 2. The number of hydrogen-bond donors (Lipinski definition) is 0. The molecule has 0 amide bonds. The van der Waals surface area contributed by atoms with Gasteiger partial charge in [0, 0.05) is 17.6 Å². The maximum Gasteiger partial charge on any atom is 0.159 e. The molecule has 1 aromatic carbocycles. The smallest absolute Gasteiger partial charge is 0.159 e. The molecule has 0 aromatic heterocycles. The lowest BCUT2D eigenvalue weighted by molar-refractivity contribution is 0.0521. The Hall–Kier alpha value is -1.15. The molecule has 0 heterocycles. The Morgan fingerprint density at radius 1 is 1.29 bits per heavy atom.